The van der Waals surface area contributed by atoms with Crippen molar-refractivity contribution in [3.8, 4) is 0 Å². The van der Waals surface area contributed by atoms with Crippen LogP contribution in [-0.4, -0.2) is 13.1 Å². The molecule has 0 spiro atoms. The van der Waals surface area contributed by atoms with Crippen LogP contribution >= 0.6 is 15.9 Å². The smallest absolute Gasteiger partial charge is 0.200 e. The van der Waals surface area contributed by atoms with Crippen LogP contribution < -0.4 is 15.6 Å². The third-order valence-corrected chi connectivity index (χ3v) is 6.31. The van der Waals surface area contributed by atoms with Gasteiger partial charge in [0.15, 0.2) is 22.9 Å². The van der Waals surface area contributed by atoms with Crippen LogP contribution in [0.15, 0.2) is 44.0 Å². The molecule has 7 heteroatoms. The van der Waals surface area contributed by atoms with Crippen LogP contribution in [0.1, 0.15) is 43.4 Å². The zero-order valence-corrected chi connectivity index (χ0v) is 18.5. The lowest BCUT2D eigenvalue weighted by Crippen LogP contribution is -2.30. The fourth-order valence-electron chi connectivity index (χ4n) is 3.96. The predicted octanol–water partition coefficient (Wildman–Crippen LogP) is 6.31. The second kappa shape index (κ2) is 8.38. The van der Waals surface area contributed by atoms with Gasteiger partial charge in [-0.2, -0.15) is 0 Å². The molecule has 4 rings (SSSR count). The quantitative estimate of drug-likeness (QED) is 0.448. The maximum absolute atomic E-state index is 13.9. The van der Waals surface area contributed by atoms with Gasteiger partial charge in [-0.05, 0) is 72.8 Å². The van der Waals surface area contributed by atoms with E-state index < -0.39 is 11.6 Å². The molecule has 1 fully saturated rings. The van der Waals surface area contributed by atoms with Crippen molar-refractivity contribution in [3.05, 3.63) is 67.8 Å². The fraction of sp³-hybridized carbons (Fsp3) is 0.348. The molecule has 0 radical (unpaired) electrons. The molecule has 1 N–H and O–H groups in total. The van der Waals surface area contributed by atoms with E-state index in [-0.39, 0.29) is 15.9 Å². The number of piperidine rings is 1. The minimum atomic E-state index is -0.944. The van der Waals surface area contributed by atoms with E-state index in [0.717, 1.165) is 43.1 Å². The van der Waals surface area contributed by atoms with Gasteiger partial charge in [0.2, 0.25) is 0 Å². The topological polar surface area (TPSA) is 45.5 Å². The third kappa shape index (κ3) is 3.95. The van der Waals surface area contributed by atoms with Crippen molar-refractivity contribution < 1.29 is 13.2 Å². The van der Waals surface area contributed by atoms with Crippen LogP contribution in [0.2, 0.25) is 0 Å². The van der Waals surface area contributed by atoms with E-state index in [2.05, 4.69) is 26.1 Å². The lowest BCUT2D eigenvalue weighted by atomic mass is 10.0. The molecule has 0 amide bonds. The highest BCUT2D eigenvalue weighted by Gasteiger charge is 2.20. The molecule has 2 aromatic carbocycles. The highest BCUT2D eigenvalue weighted by Crippen LogP contribution is 2.33. The summed E-state index contributed by atoms with van der Waals surface area (Å²) in [7, 11) is 0. The SMILES string of the molecule is Cc1cc([C@@H](C)Nc2ccc(F)c(F)c2Br)c2oc(N3CCCCC3)cc(=O)c2c1. The summed E-state index contributed by atoms with van der Waals surface area (Å²) in [6.45, 7) is 5.55. The molecule has 1 aliphatic rings. The molecule has 3 aromatic rings. The fourth-order valence-corrected chi connectivity index (χ4v) is 4.40. The molecular formula is C23H23BrF2N2O2. The van der Waals surface area contributed by atoms with Crippen LogP contribution in [0.3, 0.4) is 0 Å². The summed E-state index contributed by atoms with van der Waals surface area (Å²) in [5, 5.41) is 3.72. The van der Waals surface area contributed by atoms with Crippen molar-refractivity contribution in [1.82, 2.24) is 0 Å². The van der Waals surface area contributed by atoms with Crippen LogP contribution in [0.25, 0.3) is 11.0 Å². The first-order chi connectivity index (χ1) is 14.3. The van der Waals surface area contributed by atoms with Gasteiger partial charge in [0.25, 0.3) is 0 Å². The van der Waals surface area contributed by atoms with E-state index in [0.29, 0.717) is 22.5 Å². The number of aryl methyl sites for hydroxylation is 1. The van der Waals surface area contributed by atoms with Crippen molar-refractivity contribution in [2.45, 2.75) is 39.2 Å². The van der Waals surface area contributed by atoms with Crippen molar-refractivity contribution in [3.63, 3.8) is 0 Å². The molecular weight excluding hydrogens is 454 g/mol. The van der Waals surface area contributed by atoms with E-state index in [1.54, 1.807) is 6.07 Å². The van der Waals surface area contributed by atoms with Crippen molar-refractivity contribution in [1.29, 1.82) is 0 Å². The van der Waals surface area contributed by atoms with Gasteiger partial charge in [0.05, 0.1) is 21.6 Å². The number of nitrogens with zero attached hydrogens (tertiary/aromatic N) is 1. The second-order valence-electron chi connectivity index (χ2n) is 7.82. The molecule has 2 heterocycles. The Labute approximate surface area is 182 Å². The Morgan fingerprint density at radius 1 is 1.13 bits per heavy atom. The molecule has 1 saturated heterocycles. The molecule has 0 saturated carbocycles. The molecule has 1 aromatic heterocycles. The molecule has 1 atom stereocenters. The normalized spacial score (nSPS) is 15.4. The Morgan fingerprint density at radius 2 is 1.87 bits per heavy atom. The van der Waals surface area contributed by atoms with Crippen molar-refractivity contribution in [2.75, 3.05) is 23.3 Å². The van der Waals surface area contributed by atoms with E-state index in [9.17, 15) is 13.6 Å². The highest BCUT2D eigenvalue weighted by molar-refractivity contribution is 9.10. The number of anilines is 2. The van der Waals surface area contributed by atoms with Gasteiger partial charge >= 0.3 is 0 Å². The first-order valence-corrected chi connectivity index (χ1v) is 10.9. The first kappa shape index (κ1) is 20.8. The van der Waals surface area contributed by atoms with E-state index >= 15 is 0 Å². The van der Waals surface area contributed by atoms with E-state index in [4.69, 9.17) is 4.42 Å². The first-order valence-electron chi connectivity index (χ1n) is 10.1. The third-order valence-electron chi connectivity index (χ3n) is 5.53. The van der Waals surface area contributed by atoms with Gasteiger partial charge in [-0.1, -0.05) is 6.07 Å². The molecule has 0 bridgehead atoms. The molecule has 0 aliphatic carbocycles. The summed E-state index contributed by atoms with van der Waals surface area (Å²) in [6, 6.07) is 7.60. The number of benzene rings is 2. The Kier molecular flexibility index (Phi) is 5.82. The van der Waals surface area contributed by atoms with Gasteiger partial charge in [-0.3, -0.25) is 4.79 Å². The second-order valence-corrected chi connectivity index (χ2v) is 8.61. The molecule has 4 nitrogen and oxygen atoms in total. The van der Waals surface area contributed by atoms with Crippen LogP contribution in [-0.2, 0) is 0 Å². The Balaban J connectivity index is 1.78. The molecule has 0 unspecified atom stereocenters. The van der Waals surface area contributed by atoms with E-state index in [1.807, 2.05) is 26.0 Å². The maximum Gasteiger partial charge on any atom is 0.200 e. The summed E-state index contributed by atoms with van der Waals surface area (Å²) in [5.74, 6) is -1.28. The largest absolute Gasteiger partial charge is 0.440 e. The van der Waals surface area contributed by atoms with Crippen LogP contribution in [0, 0.1) is 18.6 Å². The van der Waals surface area contributed by atoms with Gasteiger partial charge in [-0.15, -0.1) is 0 Å². The van der Waals surface area contributed by atoms with Gasteiger partial charge < -0.3 is 14.6 Å². The molecule has 30 heavy (non-hydrogen) atoms. The number of halogens is 3. The van der Waals surface area contributed by atoms with Gasteiger partial charge in [0.1, 0.15) is 5.58 Å². The zero-order chi connectivity index (χ0) is 21.4. The van der Waals surface area contributed by atoms with Gasteiger partial charge in [-0.25, -0.2) is 8.78 Å². The monoisotopic (exact) mass is 476 g/mol. The Morgan fingerprint density at radius 3 is 2.60 bits per heavy atom. The minimum Gasteiger partial charge on any atom is -0.440 e. The summed E-state index contributed by atoms with van der Waals surface area (Å²) >= 11 is 3.11. The number of nitrogens with one attached hydrogen (secondary N) is 1. The minimum absolute atomic E-state index is 0.0294. The maximum atomic E-state index is 13.9. The average Bonchev–Trinajstić information content (AvgIpc) is 2.74. The zero-order valence-electron chi connectivity index (χ0n) is 16.9. The Hall–Kier alpha value is -2.41. The standard InChI is InChI=1S/C23H23BrF2N2O2/c1-13-10-15(14(2)27-18-7-6-17(25)22(26)21(18)24)23-16(11-13)19(29)12-20(30-23)28-8-4-3-5-9-28/h6-7,10-12,14,27H,3-5,8-9H2,1-2H3/t14-/m1/s1. The van der Waals surface area contributed by atoms with Crippen LogP contribution in [0.4, 0.5) is 20.4 Å². The number of hydrogen-bond acceptors (Lipinski definition) is 4. The van der Waals surface area contributed by atoms with Crippen LogP contribution in [0.5, 0.6) is 0 Å². The summed E-state index contributed by atoms with van der Waals surface area (Å²) in [6.07, 6.45) is 3.33. The lowest BCUT2D eigenvalue weighted by molar-refractivity contribution is 0.504. The summed E-state index contributed by atoms with van der Waals surface area (Å²) < 4.78 is 33.7. The van der Waals surface area contributed by atoms with Crippen molar-refractivity contribution >= 4 is 38.5 Å². The predicted molar refractivity (Wildman–Crippen MR) is 119 cm³/mol. The Bertz CT molecular complexity index is 1160. The van der Waals surface area contributed by atoms with Crippen molar-refractivity contribution in [2.24, 2.45) is 0 Å². The average molecular weight is 477 g/mol. The molecule has 158 valence electrons. The molecule has 1 aliphatic heterocycles. The van der Waals surface area contributed by atoms with Gasteiger partial charge in [0, 0.05) is 24.7 Å². The number of rotatable bonds is 4. The lowest BCUT2D eigenvalue weighted by Gasteiger charge is -2.27. The number of hydrogen-bond donors (Lipinski definition) is 1. The number of fused-ring (bicyclic) bond motifs is 1. The van der Waals surface area contributed by atoms with E-state index in [1.165, 1.54) is 12.5 Å². The summed E-state index contributed by atoms with van der Waals surface area (Å²) in [4.78, 5) is 15.0. The highest BCUT2D eigenvalue weighted by atomic mass is 79.9. The summed E-state index contributed by atoms with van der Waals surface area (Å²) in [5.41, 5.74) is 2.58.